The van der Waals surface area contributed by atoms with E-state index in [1.54, 1.807) is 4.90 Å². The second-order valence-corrected chi connectivity index (χ2v) is 23.3. The number of rotatable bonds is 35. The fraction of sp³-hybridized carbons (Fsp3) is 0.914. The summed E-state index contributed by atoms with van der Waals surface area (Å²) in [4.78, 5) is 41.1. The number of carbonyl (C=O) groups excluding carboxylic acids is 3. The number of hydrogen-bond donors (Lipinski definition) is 3. The third-order valence-corrected chi connectivity index (χ3v) is 17.8. The van der Waals surface area contributed by atoms with Gasteiger partial charge < -0.3 is 21.1 Å². The van der Waals surface area contributed by atoms with Crippen molar-refractivity contribution in [2.24, 2.45) is 52.1 Å². The van der Waals surface area contributed by atoms with Gasteiger partial charge in [-0.05, 0) is 130 Å². The van der Waals surface area contributed by atoms with Gasteiger partial charge in [-0.25, -0.2) is 4.79 Å². The molecule has 0 saturated heterocycles. The van der Waals surface area contributed by atoms with Gasteiger partial charge in [0.25, 0.3) is 0 Å². The summed E-state index contributed by atoms with van der Waals surface area (Å²) in [6, 6.07) is 0. The zero-order valence-electron chi connectivity index (χ0n) is 44.1. The van der Waals surface area contributed by atoms with Crippen molar-refractivity contribution < 1.29 is 19.1 Å². The van der Waals surface area contributed by atoms with Crippen LogP contribution in [-0.2, 0) is 14.3 Å². The maximum absolute atomic E-state index is 13.9. The monoisotopic (exact) mass is 923 g/mol. The van der Waals surface area contributed by atoms with E-state index in [1.165, 1.54) is 153 Å². The standard InChI is InChI=1S/C58H106N4O4/c1-7-8-9-10-11-12-13-14-15-16-17-18-19-20-21-22-23-31-54(63)60-42-26-27-43-62(45-55(64)61-41-25-24-40-59)56(65)66-49-36-38-57(5)48(44-49)32-33-50-52-35-34-51(47(4)30-28-29-46(2)3)58(52,6)39-37-53(50)57/h32,46-47,49-53H,7-31,33-45,59H2,1-6H3,(H,60,63)(H,61,64)/t47-,49+,50+,51-,52+,53+,57+,58-/m1/s1. The van der Waals surface area contributed by atoms with Crippen molar-refractivity contribution >= 4 is 17.9 Å². The molecule has 4 N–H and O–H groups in total. The van der Waals surface area contributed by atoms with Crippen molar-refractivity contribution in [2.75, 3.05) is 32.7 Å². The van der Waals surface area contributed by atoms with E-state index in [0.717, 1.165) is 86.9 Å². The number of fused-ring (bicyclic) bond motifs is 5. The first-order valence-electron chi connectivity index (χ1n) is 28.8. The fourth-order valence-corrected chi connectivity index (χ4v) is 13.7. The quantitative estimate of drug-likeness (QED) is 0.0433. The van der Waals surface area contributed by atoms with E-state index in [9.17, 15) is 14.4 Å². The Labute approximate surface area is 407 Å². The summed E-state index contributed by atoms with van der Waals surface area (Å²) in [6.45, 7) is 16.9. The molecular formula is C58H106N4O4. The molecule has 0 aromatic rings. The van der Waals surface area contributed by atoms with E-state index in [1.807, 2.05) is 0 Å². The molecule has 0 aromatic heterocycles. The number of nitrogens with zero attached hydrogens (tertiary/aromatic N) is 1. The summed E-state index contributed by atoms with van der Waals surface area (Å²) in [7, 11) is 0. The Balaban J connectivity index is 1.14. The molecule has 0 radical (unpaired) electrons. The molecule has 4 rings (SSSR count). The Morgan fingerprint density at radius 3 is 1.92 bits per heavy atom. The van der Waals surface area contributed by atoms with Gasteiger partial charge in [0.1, 0.15) is 12.6 Å². The molecule has 4 aliphatic carbocycles. The predicted molar refractivity (Wildman–Crippen MR) is 277 cm³/mol. The summed E-state index contributed by atoms with van der Waals surface area (Å²) < 4.78 is 6.30. The van der Waals surface area contributed by atoms with Crippen LogP contribution in [0.25, 0.3) is 0 Å². The minimum absolute atomic E-state index is 0.0124. The Hall–Kier alpha value is -2.09. The number of nitrogens with one attached hydrogen (secondary N) is 2. The van der Waals surface area contributed by atoms with Crippen molar-refractivity contribution in [1.82, 2.24) is 15.5 Å². The van der Waals surface area contributed by atoms with Crippen molar-refractivity contribution in [2.45, 2.75) is 260 Å². The number of nitrogens with two attached hydrogens (primary N) is 1. The van der Waals surface area contributed by atoms with Gasteiger partial charge in [0.2, 0.25) is 11.8 Å². The zero-order chi connectivity index (χ0) is 47.6. The number of amides is 3. The Kier molecular flexibility index (Phi) is 26.7. The van der Waals surface area contributed by atoms with Gasteiger partial charge in [-0.2, -0.15) is 0 Å². The number of carbonyl (C=O) groups is 3. The highest BCUT2D eigenvalue weighted by atomic mass is 16.6. The normalized spacial score (nSPS) is 26.2. The van der Waals surface area contributed by atoms with Gasteiger partial charge in [0, 0.05) is 32.5 Å². The molecule has 382 valence electrons. The maximum atomic E-state index is 13.9. The lowest BCUT2D eigenvalue weighted by Gasteiger charge is -2.58. The highest BCUT2D eigenvalue weighted by molar-refractivity contribution is 5.82. The predicted octanol–water partition coefficient (Wildman–Crippen LogP) is 14.6. The Bertz CT molecular complexity index is 1400. The first-order valence-corrected chi connectivity index (χ1v) is 28.8. The van der Waals surface area contributed by atoms with E-state index >= 15 is 0 Å². The number of ether oxygens (including phenoxy) is 1. The highest BCUT2D eigenvalue weighted by Gasteiger charge is 2.59. The van der Waals surface area contributed by atoms with Gasteiger partial charge in [-0.3, -0.25) is 14.5 Å². The zero-order valence-corrected chi connectivity index (χ0v) is 44.1. The first-order chi connectivity index (χ1) is 31.9. The van der Waals surface area contributed by atoms with Gasteiger partial charge in [0.05, 0.1) is 0 Å². The van der Waals surface area contributed by atoms with E-state index in [2.05, 4.69) is 58.3 Å². The molecule has 0 unspecified atom stereocenters. The summed E-state index contributed by atoms with van der Waals surface area (Å²) in [5.41, 5.74) is 7.84. The van der Waals surface area contributed by atoms with Crippen LogP contribution >= 0.6 is 0 Å². The average molecular weight is 924 g/mol. The minimum Gasteiger partial charge on any atom is -0.446 e. The molecule has 66 heavy (non-hydrogen) atoms. The van der Waals surface area contributed by atoms with Crippen LogP contribution in [0.3, 0.4) is 0 Å². The van der Waals surface area contributed by atoms with Crippen LogP contribution in [0.1, 0.15) is 253 Å². The molecule has 3 amide bonds. The van der Waals surface area contributed by atoms with Gasteiger partial charge in [-0.1, -0.05) is 175 Å². The first kappa shape index (κ1) is 56.5. The van der Waals surface area contributed by atoms with Gasteiger partial charge in [-0.15, -0.1) is 0 Å². The highest BCUT2D eigenvalue weighted by Crippen LogP contribution is 2.67. The van der Waals surface area contributed by atoms with Gasteiger partial charge >= 0.3 is 6.09 Å². The van der Waals surface area contributed by atoms with E-state index < -0.39 is 0 Å². The summed E-state index contributed by atoms with van der Waals surface area (Å²) in [5, 5.41) is 6.08. The average Bonchev–Trinajstić information content (AvgIpc) is 3.65. The molecule has 3 saturated carbocycles. The van der Waals surface area contributed by atoms with E-state index in [0.29, 0.717) is 44.4 Å². The van der Waals surface area contributed by atoms with Crippen LogP contribution in [0.5, 0.6) is 0 Å². The van der Waals surface area contributed by atoms with Crippen LogP contribution in [0.15, 0.2) is 11.6 Å². The van der Waals surface area contributed by atoms with Crippen LogP contribution in [0, 0.1) is 46.3 Å². The molecule has 3 fully saturated rings. The van der Waals surface area contributed by atoms with Crippen LogP contribution < -0.4 is 16.4 Å². The lowest BCUT2D eigenvalue weighted by Crippen LogP contribution is -2.51. The summed E-state index contributed by atoms with van der Waals surface area (Å²) >= 11 is 0. The molecule has 0 spiro atoms. The van der Waals surface area contributed by atoms with Crippen molar-refractivity contribution in [3.05, 3.63) is 11.6 Å². The SMILES string of the molecule is CCCCCCCCCCCCCCCCCCCC(=O)NCCCCN(CC(=O)NCCCCN)C(=O)O[C@H]1CC[C@@]2(C)C(=CC[C@H]3[C@@H]4CC[C@H]([C@H](C)CCCC(C)C)[C@@]4(C)CC[C@@H]32)C1. The second kappa shape index (κ2) is 31.2. The number of unbranched alkanes of at least 4 members (excludes halogenated alkanes) is 18. The maximum Gasteiger partial charge on any atom is 0.410 e. The van der Waals surface area contributed by atoms with Crippen molar-refractivity contribution in [3.8, 4) is 0 Å². The van der Waals surface area contributed by atoms with Crippen LogP contribution in [0.4, 0.5) is 4.79 Å². The molecule has 8 nitrogen and oxygen atoms in total. The smallest absolute Gasteiger partial charge is 0.410 e. The lowest BCUT2D eigenvalue weighted by atomic mass is 9.47. The second-order valence-electron chi connectivity index (χ2n) is 23.3. The van der Waals surface area contributed by atoms with E-state index in [-0.39, 0.29) is 36.0 Å². The number of hydrogen-bond acceptors (Lipinski definition) is 5. The summed E-state index contributed by atoms with van der Waals surface area (Å²) in [5.74, 6) is 4.77. The van der Waals surface area contributed by atoms with Crippen molar-refractivity contribution in [3.63, 3.8) is 0 Å². The third-order valence-electron chi connectivity index (χ3n) is 17.8. The fourth-order valence-electron chi connectivity index (χ4n) is 13.7. The third kappa shape index (κ3) is 18.7. The van der Waals surface area contributed by atoms with Gasteiger partial charge in [0.15, 0.2) is 0 Å². The topological polar surface area (TPSA) is 114 Å². The molecule has 0 aromatic carbocycles. The molecule has 0 bridgehead atoms. The van der Waals surface area contributed by atoms with Crippen molar-refractivity contribution in [1.29, 1.82) is 0 Å². The lowest BCUT2D eigenvalue weighted by molar-refractivity contribution is -0.122. The molecule has 4 aliphatic rings. The molecule has 0 heterocycles. The molecule has 8 heteroatoms. The van der Waals surface area contributed by atoms with Crippen LogP contribution in [0.2, 0.25) is 0 Å². The molecular weight excluding hydrogens is 817 g/mol. The Morgan fingerprint density at radius 2 is 1.30 bits per heavy atom. The largest absolute Gasteiger partial charge is 0.446 e. The van der Waals surface area contributed by atoms with E-state index in [4.69, 9.17) is 10.5 Å². The minimum atomic E-state index is -0.384. The molecule has 8 atom stereocenters. The Morgan fingerprint density at radius 1 is 0.697 bits per heavy atom. The molecule has 0 aliphatic heterocycles. The number of allylic oxidation sites excluding steroid dienone is 1. The van der Waals surface area contributed by atoms with Crippen LogP contribution in [-0.4, -0.2) is 61.6 Å². The summed E-state index contributed by atoms with van der Waals surface area (Å²) in [6.07, 6.45) is 42.0.